The van der Waals surface area contributed by atoms with Crippen LogP contribution in [-0.4, -0.2) is 71.6 Å². The minimum absolute atomic E-state index is 0.216. The summed E-state index contributed by atoms with van der Waals surface area (Å²) in [5.74, 6) is 0.954. The van der Waals surface area contributed by atoms with E-state index in [4.69, 9.17) is 4.74 Å². The van der Waals surface area contributed by atoms with Crippen LogP contribution in [0.1, 0.15) is 24.8 Å². The molecule has 0 radical (unpaired) electrons. The first-order chi connectivity index (χ1) is 14.2. The molecule has 1 aromatic carbocycles. The second-order valence-electron chi connectivity index (χ2n) is 7.70. The van der Waals surface area contributed by atoms with Crippen LogP contribution in [-0.2, 0) is 9.53 Å². The Morgan fingerprint density at radius 2 is 1.90 bits per heavy atom. The van der Waals surface area contributed by atoms with Crippen LogP contribution >= 0.6 is 0 Å². The summed E-state index contributed by atoms with van der Waals surface area (Å²) < 4.78 is 5.46. The molecule has 1 amide bonds. The second kappa shape index (κ2) is 9.29. The Kier molecular flexibility index (Phi) is 6.32. The van der Waals surface area contributed by atoms with Gasteiger partial charge in [0.1, 0.15) is 0 Å². The number of carbonyl (C=O) groups is 1. The third kappa shape index (κ3) is 4.89. The SMILES string of the molecule is CO[C@H]1CCCN(CC(=O)N2CC=C(c3ccc(-c4ncccn4)cc3)CC2)C1. The Hall–Kier alpha value is -2.57. The molecule has 29 heavy (non-hydrogen) atoms. The van der Waals surface area contributed by atoms with E-state index in [2.05, 4.69) is 45.2 Å². The lowest BCUT2D eigenvalue weighted by atomic mass is 9.98. The standard InChI is InChI=1S/C23H28N4O2/c1-29-21-4-2-13-26(16-21)17-22(28)27-14-9-19(10-15-27)18-5-7-20(8-6-18)23-24-11-3-12-25-23/h3,5-9,11-12,21H,2,4,10,13-17H2,1H3/t21-/m0/s1. The number of amides is 1. The van der Waals surface area contributed by atoms with Crippen molar-refractivity contribution in [1.29, 1.82) is 0 Å². The van der Waals surface area contributed by atoms with Crippen molar-refractivity contribution in [3.8, 4) is 11.4 Å². The van der Waals surface area contributed by atoms with E-state index in [0.29, 0.717) is 13.1 Å². The van der Waals surface area contributed by atoms with Gasteiger partial charge in [0.2, 0.25) is 5.91 Å². The largest absolute Gasteiger partial charge is 0.380 e. The van der Waals surface area contributed by atoms with Gasteiger partial charge in [-0.15, -0.1) is 0 Å². The lowest BCUT2D eigenvalue weighted by Gasteiger charge is -2.34. The molecule has 0 aliphatic carbocycles. The van der Waals surface area contributed by atoms with Gasteiger partial charge in [-0.05, 0) is 43.0 Å². The number of hydrogen-bond donors (Lipinski definition) is 0. The van der Waals surface area contributed by atoms with Gasteiger partial charge in [-0.3, -0.25) is 9.69 Å². The van der Waals surface area contributed by atoms with Crippen LogP contribution in [0.3, 0.4) is 0 Å². The van der Waals surface area contributed by atoms with E-state index in [1.165, 1.54) is 11.1 Å². The fourth-order valence-electron chi connectivity index (χ4n) is 4.08. The Labute approximate surface area is 172 Å². The molecular weight excluding hydrogens is 364 g/mol. The van der Waals surface area contributed by atoms with Gasteiger partial charge >= 0.3 is 0 Å². The zero-order chi connectivity index (χ0) is 20.1. The van der Waals surface area contributed by atoms with Crippen LogP contribution in [0, 0.1) is 0 Å². The smallest absolute Gasteiger partial charge is 0.237 e. The summed E-state index contributed by atoms with van der Waals surface area (Å²) in [6.45, 7) is 3.79. The van der Waals surface area contributed by atoms with Crippen molar-refractivity contribution < 1.29 is 9.53 Å². The summed E-state index contributed by atoms with van der Waals surface area (Å²) in [6.07, 6.45) is 9.02. The molecule has 1 aromatic heterocycles. The molecule has 2 aliphatic rings. The van der Waals surface area contributed by atoms with Gasteiger partial charge in [0.05, 0.1) is 12.6 Å². The van der Waals surface area contributed by atoms with Crippen LogP contribution in [0.25, 0.3) is 17.0 Å². The van der Waals surface area contributed by atoms with Crippen molar-refractivity contribution in [2.45, 2.75) is 25.4 Å². The molecule has 6 nitrogen and oxygen atoms in total. The first kappa shape index (κ1) is 19.7. The molecule has 1 saturated heterocycles. The van der Waals surface area contributed by atoms with Crippen molar-refractivity contribution in [3.63, 3.8) is 0 Å². The van der Waals surface area contributed by atoms with E-state index in [9.17, 15) is 4.79 Å². The third-order valence-corrected chi connectivity index (χ3v) is 5.80. The number of piperidine rings is 1. The fraction of sp³-hybridized carbons (Fsp3) is 0.435. The Balaban J connectivity index is 1.34. The quantitative estimate of drug-likeness (QED) is 0.783. The highest BCUT2D eigenvalue weighted by atomic mass is 16.5. The van der Waals surface area contributed by atoms with Gasteiger partial charge in [0, 0.05) is 44.7 Å². The number of aromatic nitrogens is 2. The maximum atomic E-state index is 12.7. The molecule has 0 spiro atoms. The molecule has 6 heteroatoms. The monoisotopic (exact) mass is 392 g/mol. The van der Waals surface area contributed by atoms with Gasteiger partial charge in [0.15, 0.2) is 5.82 Å². The second-order valence-corrected chi connectivity index (χ2v) is 7.70. The number of hydrogen-bond acceptors (Lipinski definition) is 5. The van der Waals surface area contributed by atoms with E-state index in [1.807, 2.05) is 11.0 Å². The van der Waals surface area contributed by atoms with Gasteiger partial charge in [-0.1, -0.05) is 30.3 Å². The highest BCUT2D eigenvalue weighted by Gasteiger charge is 2.24. The first-order valence-electron chi connectivity index (χ1n) is 10.3. The van der Waals surface area contributed by atoms with Crippen LogP contribution in [0.2, 0.25) is 0 Å². The van der Waals surface area contributed by atoms with Gasteiger partial charge in [0.25, 0.3) is 0 Å². The fourth-order valence-corrected chi connectivity index (χ4v) is 4.08. The summed E-state index contributed by atoms with van der Waals surface area (Å²) in [7, 11) is 1.76. The summed E-state index contributed by atoms with van der Waals surface area (Å²) in [6, 6.07) is 10.2. The topological polar surface area (TPSA) is 58.6 Å². The van der Waals surface area contributed by atoms with E-state index in [1.54, 1.807) is 19.5 Å². The highest BCUT2D eigenvalue weighted by molar-refractivity contribution is 5.80. The molecule has 2 aromatic rings. The van der Waals surface area contributed by atoms with Crippen molar-refractivity contribution in [2.75, 3.05) is 39.8 Å². The van der Waals surface area contributed by atoms with E-state index < -0.39 is 0 Å². The molecule has 0 saturated carbocycles. The molecule has 0 N–H and O–H groups in total. The lowest BCUT2D eigenvalue weighted by molar-refractivity contribution is -0.132. The van der Waals surface area contributed by atoms with Gasteiger partial charge < -0.3 is 9.64 Å². The Bertz CT molecular complexity index is 851. The summed E-state index contributed by atoms with van der Waals surface area (Å²) >= 11 is 0. The van der Waals surface area contributed by atoms with Crippen LogP contribution in [0.4, 0.5) is 0 Å². The zero-order valence-electron chi connectivity index (χ0n) is 17.0. The minimum Gasteiger partial charge on any atom is -0.380 e. The number of likely N-dealkylation sites (tertiary alicyclic amines) is 1. The molecule has 0 bridgehead atoms. The molecule has 1 fully saturated rings. The van der Waals surface area contributed by atoms with Crippen molar-refractivity contribution in [3.05, 3.63) is 54.4 Å². The number of carbonyl (C=O) groups excluding carboxylic acids is 1. The highest BCUT2D eigenvalue weighted by Crippen LogP contribution is 2.25. The van der Waals surface area contributed by atoms with Crippen molar-refractivity contribution in [1.82, 2.24) is 19.8 Å². The van der Waals surface area contributed by atoms with Crippen LogP contribution < -0.4 is 0 Å². The predicted octanol–water partition coefficient (Wildman–Crippen LogP) is 2.87. The minimum atomic E-state index is 0.216. The number of rotatable bonds is 5. The van der Waals surface area contributed by atoms with Crippen LogP contribution in [0.15, 0.2) is 48.8 Å². The average Bonchev–Trinajstić information content (AvgIpc) is 2.80. The number of nitrogens with zero attached hydrogens (tertiary/aromatic N) is 4. The average molecular weight is 393 g/mol. The number of ether oxygens (including phenoxy) is 1. The molecule has 152 valence electrons. The van der Waals surface area contributed by atoms with E-state index >= 15 is 0 Å². The van der Waals surface area contributed by atoms with Gasteiger partial charge in [-0.2, -0.15) is 0 Å². The van der Waals surface area contributed by atoms with Gasteiger partial charge in [-0.25, -0.2) is 9.97 Å². The first-order valence-corrected chi connectivity index (χ1v) is 10.3. The van der Waals surface area contributed by atoms with E-state index in [0.717, 1.165) is 50.3 Å². The maximum Gasteiger partial charge on any atom is 0.237 e. The predicted molar refractivity (Wildman–Crippen MR) is 113 cm³/mol. The van der Waals surface area contributed by atoms with Crippen molar-refractivity contribution >= 4 is 11.5 Å². The molecule has 1 atom stereocenters. The molecular formula is C23H28N4O2. The summed E-state index contributed by atoms with van der Waals surface area (Å²) in [5, 5.41) is 0. The molecule has 0 unspecified atom stereocenters. The Morgan fingerprint density at radius 3 is 2.59 bits per heavy atom. The third-order valence-electron chi connectivity index (χ3n) is 5.80. The normalized spacial score (nSPS) is 20.4. The lowest BCUT2D eigenvalue weighted by Crippen LogP contribution is -2.46. The molecule has 3 heterocycles. The zero-order valence-corrected chi connectivity index (χ0v) is 17.0. The van der Waals surface area contributed by atoms with Crippen molar-refractivity contribution in [2.24, 2.45) is 0 Å². The number of methoxy groups -OCH3 is 1. The summed E-state index contributed by atoms with van der Waals surface area (Å²) in [4.78, 5) is 25.5. The molecule has 2 aliphatic heterocycles. The maximum absolute atomic E-state index is 12.7. The molecule has 4 rings (SSSR count). The summed E-state index contributed by atoms with van der Waals surface area (Å²) in [5.41, 5.74) is 3.52. The van der Waals surface area contributed by atoms with Crippen LogP contribution in [0.5, 0.6) is 0 Å². The Morgan fingerprint density at radius 1 is 1.14 bits per heavy atom. The number of benzene rings is 1. The van der Waals surface area contributed by atoms with E-state index in [-0.39, 0.29) is 12.0 Å².